The number of rotatable bonds is 5. The van der Waals surface area contributed by atoms with Crippen LogP contribution in [0, 0.1) is 0 Å². The van der Waals surface area contributed by atoms with Gasteiger partial charge in [-0.25, -0.2) is 4.98 Å². The molecule has 2 rings (SSSR count). The van der Waals surface area contributed by atoms with Gasteiger partial charge in [0.1, 0.15) is 12.2 Å². The third-order valence-electron chi connectivity index (χ3n) is 2.40. The number of H-pyrrole nitrogens is 1. The second kappa shape index (κ2) is 4.89. The Kier molecular flexibility index (Phi) is 3.31. The van der Waals surface area contributed by atoms with Crippen molar-refractivity contribution < 1.29 is 0 Å². The van der Waals surface area contributed by atoms with E-state index in [1.165, 1.54) is 6.33 Å². The van der Waals surface area contributed by atoms with Gasteiger partial charge in [-0.1, -0.05) is 6.92 Å². The molecule has 6 heteroatoms. The fourth-order valence-electron chi connectivity index (χ4n) is 1.68. The Morgan fingerprint density at radius 1 is 1.56 bits per heavy atom. The molecule has 0 amide bonds. The minimum Gasteiger partial charge on any atom is -0.307 e. The van der Waals surface area contributed by atoms with Crippen molar-refractivity contribution in [3.05, 3.63) is 30.1 Å². The minimum absolute atomic E-state index is 0.141. The minimum atomic E-state index is 0.141. The van der Waals surface area contributed by atoms with Crippen LogP contribution in [0.5, 0.6) is 0 Å². The van der Waals surface area contributed by atoms with E-state index in [1.807, 2.05) is 19.3 Å². The first-order chi connectivity index (χ1) is 7.79. The van der Waals surface area contributed by atoms with Crippen molar-refractivity contribution in [2.24, 2.45) is 7.05 Å². The van der Waals surface area contributed by atoms with Gasteiger partial charge in [0, 0.05) is 19.7 Å². The Hall–Kier alpha value is -1.69. The summed E-state index contributed by atoms with van der Waals surface area (Å²) in [6.07, 6.45) is 4.28. The van der Waals surface area contributed by atoms with Crippen LogP contribution in [-0.2, 0) is 13.5 Å². The van der Waals surface area contributed by atoms with Crippen LogP contribution in [0.25, 0.3) is 0 Å². The van der Waals surface area contributed by atoms with Gasteiger partial charge in [-0.15, -0.1) is 0 Å². The molecule has 16 heavy (non-hydrogen) atoms. The van der Waals surface area contributed by atoms with E-state index in [9.17, 15) is 0 Å². The van der Waals surface area contributed by atoms with Crippen LogP contribution in [0.4, 0.5) is 0 Å². The van der Waals surface area contributed by atoms with Crippen molar-refractivity contribution >= 4 is 0 Å². The van der Waals surface area contributed by atoms with E-state index in [4.69, 9.17) is 0 Å². The largest absolute Gasteiger partial charge is 0.307 e. The highest BCUT2D eigenvalue weighted by Crippen LogP contribution is 2.12. The summed E-state index contributed by atoms with van der Waals surface area (Å²) in [5.41, 5.74) is 1.05. The van der Waals surface area contributed by atoms with E-state index < -0.39 is 0 Å². The maximum absolute atomic E-state index is 4.36. The number of likely N-dealkylation sites (N-methyl/N-ethyl adjacent to an activating group) is 1. The first kappa shape index (κ1) is 10.8. The van der Waals surface area contributed by atoms with Crippen LogP contribution in [0.15, 0.2) is 18.6 Å². The van der Waals surface area contributed by atoms with Gasteiger partial charge >= 0.3 is 0 Å². The molecular formula is C10H16N6. The van der Waals surface area contributed by atoms with Crippen LogP contribution in [0.3, 0.4) is 0 Å². The molecule has 86 valence electrons. The zero-order chi connectivity index (χ0) is 11.4. The highest BCUT2D eigenvalue weighted by Gasteiger charge is 2.15. The first-order valence-electron chi connectivity index (χ1n) is 5.36. The first-order valence-corrected chi connectivity index (χ1v) is 5.36. The smallest absolute Gasteiger partial charge is 0.141 e. The van der Waals surface area contributed by atoms with Crippen molar-refractivity contribution in [1.29, 1.82) is 0 Å². The van der Waals surface area contributed by atoms with Crippen LogP contribution in [0.2, 0.25) is 0 Å². The summed E-state index contributed by atoms with van der Waals surface area (Å²) in [5, 5.41) is 14.5. The molecule has 0 aliphatic rings. The lowest BCUT2D eigenvalue weighted by atomic mass is 10.1. The number of hydrogen-bond donors (Lipinski definition) is 2. The van der Waals surface area contributed by atoms with E-state index >= 15 is 0 Å². The second-order valence-electron chi connectivity index (χ2n) is 3.67. The quantitative estimate of drug-likeness (QED) is 0.766. The summed E-state index contributed by atoms with van der Waals surface area (Å²) in [4.78, 5) is 4.17. The molecule has 0 saturated carbocycles. The lowest BCUT2D eigenvalue weighted by Crippen LogP contribution is -2.24. The zero-order valence-corrected chi connectivity index (χ0v) is 9.51. The average molecular weight is 220 g/mol. The van der Waals surface area contributed by atoms with E-state index in [0.29, 0.717) is 0 Å². The van der Waals surface area contributed by atoms with Gasteiger partial charge in [-0.05, 0) is 12.6 Å². The molecule has 2 aromatic rings. The van der Waals surface area contributed by atoms with Gasteiger partial charge in [0.25, 0.3) is 0 Å². The molecule has 1 atom stereocenters. The summed E-state index contributed by atoms with van der Waals surface area (Å²) < 4.78 is 1.80. The van der Waals surface area contributed by atoms with E-state index in [1.54, 1.807) is 4.68 Å². The summed E-state index contributed by atoms with van der Waals surface area (Å²) in [6.45, 7) is 2.96. The number of aromatic amines is 1. The molecule has 0 aliphatic carbocycles. The normalized spacial score (nSPS) is 12.9. The molecule has 2 N–H and O–H groups in total. The van der Waals surface area contributed by atoms with E-state index in [2.05, 4.69) is 32.5 Å². The Morgan fingerprint density at radius 2 is 2.44 bits per heavy atom. The summed E-state index contributed by atoms with van der Waals surface area (Å²) >= 11 is 0. The van der Waals surface area contributed by atoms with Crippen LogP contribution >= 0.6 is 0 Å². The summed E-state index contributed by atoms with van der Waals surface area (Å²) in [5.74, 6) is 0.854. The molecule has 0 bridgehead atoms. The molecule has 0 saturated heterocycles. The molecule has 1 unspecified atom stereocenters. The summed E-state index contributed by atoms with van der Waals surface area (Å²) in [6, 6.07) is 2.16. The number of hydrogen-bond acceptors (Lipinski definition) is 4. The maximum atomic E-state index is 4.36. The number of nitrogens with one attached hydrogen (secondary N) is 2. The maximum Gasteiger partial charge on any atom is 0.141 e. The SMILES string of the molecule is CCNC(Cc1ccn(C)n1)c1ncn[nH]1. The molecule has 0 fully saturated rings. The van der Waals surface area contributed by atoms with Crippen molar-refractivity contribution in [3.8, 4) is 0 Å². The molecular weight excluding hydrogens is 204 g/mol. The standard InChI is InChI=1S/C10H16N6/c1-3-11-9(10-12-7-13-14-10)6-8-4-5-16(2)15-8/h4-5,7,9,11H,3,6H2,1-2H3,(H,12,13,14). The van der Waals surface area contributed by atoms with Crippen molar-refractivity contribution in [3.63, 3.8) is 0 Å². The van der Waals surface area contributed by atoms with Gasteiger partial charge in [-0.2, -0.15) is 10.2 Å². The van der Waals surface area contributed by atoms with Gasteiger partial charge in [0.2, 0.25) is 0 Å². The third kappa shape index (κ3) is 2.46. The Balaban J connectivity index is 2.09. The lowest BCUT2D eigenvalue weighted by Gasteiger charge is -2.13. The average Bonchev–Trinajstić information content (AvgIpc) is 2.88. The van der Waals surface area contributed by atoms with Gasteiger partial charge in [0.15, 0.2) is 0 Å². The molecule has 2 aromatic heterocycles. The molecule has 0 aromatic carbocycles. The Labute approximate surface area is 94.1 Å². The van der Waals surface area contributed by atoms with Gasteiger partial charge < -0.3 is 5.32 Å². The predicted molar refractivity (Wildman–Crippen MR) is 59.7 cm³/mol. The summed E-state index contributed by atoms with van der Waals surface area (Å²) in [7, 11) is 1.92. The Bertz CT molecular complexity index is 418. The van der Waals surface area contributed by atoms with Crippen molar-refractivity contribution in [2.75, 3.05) is 6.54 Å². The monoisotopic (exact) mass is 220 g/mol. The van der Waals surface area contributed by atoms with Crippen molar-refractivity contribution in [2.45, 2.75) is 19.4 Å². The molecule has 2 heterocycles. The van der Waals surface area contributed by atoms with Gasteiger partial charge in [-0.3, -0.25) is 9.78 Å². The van der Waals surface area contributed by atoms with E-state index in [0.717, 1.165) is 24.5 Å². The highest BCUT2D eigenvalue weighted by atomic mass is 15.3. The topological polar surface area (TPSA) is 71.4 Å². The number of aryl methyl sites for hydroxylation is 1. The fraction of sp³-hybridized carbons (Fsp3) is 0.500. The molecule has 0 spiro atoms. The highest BCUT2D eigenvalue weighted by molar-refractivity contribution is 5.05. The molecule has 0 aliphatic heterocycles. The fourth-order valence-corrected chi connectivity index (χ4v) is 1.68. The second-order valence-corrected chi connectivity index (χ2v) is 3.67. The third-order valence-corrected chi connectivity index (χ3v) is 2.40. The molecule has 0 radical (unpaired) electrons. The number of nitrogens with zero attached hydrogens (tertiary/aromatic N) is 4. The molecule has 6 nitrogen and oxygen atoms in total. The van der Waals surface area contributed by atoms with Crippen LogP contribution in [0.1, 0.15) is 24.5 Å². The Morgan fingerprint density at radius 3 is 3.00 bits per heavy atom. The zero-order valence-electron chi connectivity index (χ0n) is 9.51. The van der Waals surface area contributed by atoms with Crippen LogP contribution < -0.4 is 5.32 Å². The predicted octanol–water partition coefficient (Wildman–Crippen LogP) is 0.431. The van der Waals surface area contributed by atoms with Crippen molar-refractivity contribution in [1.82, 2.24) is 30.3 Å². The lowest BCUT2D eigenvalue weighted by molar-refractivity contribution is 0.515. The number of aromatic nitrogens is 5. The van der Waals surface area contributed by atoms with Gasteiger partial charge in [0.05, 0.1) is 11.7 Å². The van der Waals surface area contributed by atoms with E-state index in [-0.39, 0.29) is 6.04 Å². The van der Waals surface area contributed by atoms with Crippen LogP contribution in [-0.4, -0.2) is 31.5 Å².